The van der Waals surface area contributed by atoms with Gasteiger partial charge in [-0.2, -0.15) is 0 Å². The first-order valence-electron chi connectivity index (χ1n) is 8.05. The summed E-state index contributed by atoms with van der Waals surface area (Å²) in [6, 6.07) is 12.8. The summed E-state index contributed by atoms with van der Waals surface area (Å²) in [5.41, 5.74) is 2.96. The third-order valence-electron chi connectivity index (χ3n) is 4.35. The average Bonchev–Trinajstić information content (AvgIpc) is 2.58. The van der Waals surface area contributed by atoms with E-state index in [9.17, 15) is 15.3 Å². The quantitative estimate of drug-likeness (QED) is 0.793. The maximum atomic E-state index is 9.99. The van der Waals surface area contributed by atoms with Crippen molar-refractivity contribution < 1.29 is 20.1 Å². The Kier molecular flexibility index (Phi) is 5.41. The molecule has 0 aliphatic carbocycles. The number of hydrogen-bond acceptors (Lipinski definition) is 4. The Hall–Kier alpha value is -1.59. The van der Waals surface area contributed by atoms with Gasteiger partial charge in [-0.25, -0.2) is 0 Å². The number of aliphatic hydroxyl groups excluding tert-OH is 2. The molecule has 1 heterocycles. The van der Waals surface area contributed by atoms with Gasteiger partial charge in [0.15, 0.2) is 0 Å². The van der Waals surface area contributed by atoms with E-state index in [2.05, 4.69) is 0 Å². The lowest BCUT2D eigenvalue weighted by Crippen LogP contribution is -2.33. The van der Waals surface area contributed by atoms with Crippen LogP contribution >= 0.6 is 11.6 Å². The average molecular weight is 349 g/mol. The molecule has 4 nitrogen and oxygen atoms in total. The fourth-order valence-electron chi connectivity index (χ4n) is 3.09. The molecule has 1 aliphatic rings. The van der Waals surface area contributed by atoms with Crippen molar-refractivity contribution in [2.45, 2.75) is 37.6 Å². The molecular weight excluding hydrogens is 328 g/mol. The second-order valence-corrected chi connectivity index (χ2v) is 6.66. The summed E-state index contributed by atoms with van der Waals surface area (Å²) in [5, 5.41) is 29.3. The summed E-state index contributed by atoms with van der Waals surface area (Å²) in [7, 11) is 0. The van der Waals surface area contributed by atoms with Gasteiger partial charge in [-0.05, 0) is 41.3 Å². The van der Waals surface area contributed by atoms with Gasteiger partial charge in [0.05, 0.1) is 24.9 Å². The van der Waals surface area contributed by atoms with Crippen molar-refractivity contribution in [1.82, 2.24) is 0 Å². The fourth-order valence-corrected chi connectivity index (χ4v) is 3.27. The number of hydrogen-bond donors (Lipinski definition) is 3. The lowest BCUT2D eigenvalue weighted by Gasteiger charge is -2.32. The Balaban J connectivity index is 1.81. The van der Waals surface area contributed by atoms with Crippen LogP contribution in [0.1, 0.15) is 35.6 Å². The first-order valence-corrected chi connectivity index (χ1v) is 8.43. The van der Waals surface area contributed by atoms with Crippen molar-refractivity contribution >= 4 is 11.6 Å². The van der Waals surface area contributed by atoms with Crippen LogP contribution in [0.25, 0.3) is 0 Å². The van der Waals surface area contributed by atoms with Crippen LogP contribution in [-0.4, -0.2) is 34.1 Å². The van der Waals surface area contributed by atoms with Gasteiger partial charge in [-0.1, -0.05) is 35.9 Å². The molecule has 24 heavy (non-hydrogen) atoms. The molecule has 0 amide bonds. The number of rotatable bonds is 4. The first-order chi connectivity index (χ1) is 11.5. The Bertz CT molecular complexity index is 686. The summed E-state index contributed by atoms with van der Waals surface area (Å²) < 4.78 is 5.87. The van der Waals surface area contributed by atoms with E-state index in [4.69, 9.17) is 16.3 Å². The van der Waals surface area contributed by atoms with Crippen molar-refractivity contribution in [2.75, 3.05) is 6.61 Å². The van der Waals surface area contributed by atoms with E-state index in [-0.39, 0.29) is 24.6 Å². The Morgan fingerprint density at radius 2 is 1.83 bits per heavy atom. The van der Waals surface area contributed by atoms with Gasteiger partial charge in [0.25, 0.3) is 0 Å². The van der Waals surface area contributed by atoms with E-state index in [1.165, 1.54) is 0 Å². The predicted octanol–water partition coefficient (Wildman–Crippen LogP) is 3.21. The van der Waals surface area contributed by atoms with Crippen LogP contribution in [0.5, 0.6) is 5.75 Å². The monoisotopic (exact) mass is 348 g/mol. The van der Waals surface area contributed by atoms with Crippen LogP contribution in [0.3, 0.4) is 0 Å². The Morgan fingerprint density at radius 3 is 2.54 bits per heavy atom. The molecule has 3 rings (SSSR count). The van der Waals surface area contributed by atoms with Crippen molar-refractivity contribution in [2.24, 2.45) is 0 Å². The third kappa shape index (κ3) is 4.08. The lowest BCUT2D eigenvalue weighted by atomic mass is 9.94. The molecule has 1 fully saturated rings. The highest BCUT2D eigenvalue weighted by atomic mass is 35.5. The molecule has 128 valence electrons. The van der Waals surface area contributed by atoms with Crippen molar-refractivity contribution in [3.05, 3.63) is 64.2 Å². The van der Waals surface area contributed by atoms with Gasteiger partial charge in [0, 0.05) is 17.9 Å². The van der Waals surface area contributed by atoms with Crippen LogP contribution in [0, 0.1) is 0 Å². The van der Waals surface area contributed by atoms with Crippen LogP contribution in [0.4, 0.5) is 0 Å². The SMILES string of the molecule is OCC1CC(O)C[C@H](c2ccc(Cl)c(Cc3ccc(O)cc3)c2)O1. The van der Waals surface area contributed by atoms with Gasteiger partial charge >= 0.3 is 0 Å². The number of phenols is 1. The minimum absolute atomic E-state index is 0.0957. The number of halogens is 1. The molecule has 0 aromatic heterocycles. The molecule has 3 atom stereocenters. The topological polar surface area (TPSA) is 69.9 Å². The molecule has 5 heteroatoms. The number of ether oxygens (including phenoxy) is 1. The van der Waals surface area contributed by atoms with Crippen LogP contribution in [-0.2, 0) is 11.2 Å². The molecule has 1 aliphatic heterocycles. The zero-order valence-electron chi connectivity index (χ0n) is 13.2. The summed E-state index contributed by atoms with van der Waals surface area (Å²) >= 11 is 6.32. The molecule has 0 radical (unpaired) electrons. The fraction of sp³-hybridized carbons (Fsp3) is 0.368. The Labute approximate surface area is 146 Å². The smallest absolute Gasteiger partial charge is 0.115 e. The second-order valence-electron chi connectivity index (χ2n) is 6.25. The summed E-state index contributed by atoms with van der Waals surface area (Å²) in [6.07, 6.45) is 0.553. The highest BCUT2D eigenvalue weighted by Gasteiger charge is 2.29. The van der Waals surface area contributed by atoms with E-state index in [1.54, 1.807) is 12.1 Å². The van der Waals surface area contributed by atoms with E-state index >= 15 is 0 Å². The summed E-state index contributed by atoms with van der Waals surface area (Å²) in [6.45, 7) is -0.0957. The van der Waals surface area contributed by atoms with E-state index in [1.807, 2.05) is 30.3 Å². The van der Waals surface area contributed by atoms with Gasteiger partial charge in [0.1, 0.15) is 5.75 Å². The van der Waals surface area contributed by atoms with Crippen LogP contribution in [0.15, 0.2) is 42.5 Å². The lowest BCUT2D eigenvalue weighted by molar-refractivity contribution is -0.113. The molecule has 3 N–H and O–H groups in total. The highest BCUT2D eigenvalue weighted by molar-refractivity contribution is 6.31. The third-order valence-corrected chi connectivity index (χ3v) is 4.72. The number of aliphatic hydroxyl groups is 2. The normalized spacial score (nSPS) is 24.0. The van der Waals surface area contributed by atoms with E-state index < -0.39 is 6.10 Å². The number of phenolic OH excluding ortho intramolecular Hbond substituents is 1. The summed E-state index contributed by atoms with van der Waals surface area (Å²) in [5.74, 6) is 0.234. The first kappa shape index (κ1) is 17.2. The summed E-state index contributed by atoms with van der Waals surface area (Å²) in [4.78, 5) is 0. The minimum Gasteiger partial charge on any atom is -0.508 e. The molecule has 2 aromatic rings. The van der Waals surface area contributed by atoms with Crippen molar-refractivity contribution in [1.29, 1.82) is 0 Å². The Morgan fingerprint density at radius 1 is 1.08 bits per heavy atom. The number of aromatic hydroxyl groups is 1. The van der Waals surface area contributed by atoms with Crippen LogP contribution < -0.4 is 0 Å². The molecule has 0 bridgehead atoms. The van der Waals surface area contributed by atoms with Gasteiger partial charge in [0.2, 0.25) is 0 Å². The molecule has 2 unspecified atom stereocenters. The minimum atomic E-state index is -0.475. The zero-order valence-corrected chi connectivity index (χ0v) is 14.0. The highest BCUT2D eigenvalue weighted by Crippen LogP contribution is 2.33. The van der Waals surface area contributed by atoms with Gasteiger partial charge in [-0.15, -0.1) is 0 Å². The standard InChI is InChI=1S/C19H21ClO4/c20-18-6-3-13(19-10-16(23)9-17(11-21)24-19)8-14(18)7-12-1-4-15(22)5-2-12/h1-6,8,16-17,19,21-23H,7,9-11H2/t16?,17?,19-/m1/s1. The largest absolute Gasteiger partial charge is 0.508 e. The molecule has 1 saturated heterocycles. The van der Waals surface area contributed by atoms with Gasteiger partial charge in [-0.3, -0.25) is 0 Å². The maximum Gasteiger partial charge on any atom is 0.115 e. The van der Waals surface area contributed by atoms with E-state index in [0.29, 0.717) is 24.3 Å². The van der Waals surface area contributed by atoms with E-state index in [0.717, 1.165) is 16.7 Å². The second kappa shape index (κ2) is 7.53. The number of benzene rings is 2. The predicted molar refractivity (Wildman–Crippen MR) is 92.3 cm³/mol. The molecular formula is C19H21ClO4. The van der Waals surface area contributed by atoms with Crippen LogP contribution in [0.2, 0.25) is 5.02 Å². The van der Waals surface area contributed by atoms with Gasteiger partial charge < -0.3 is 20.1 Å². The molecule has 2 aromatic carbocycles. The molecule has 0 spiro atoms. The van der Waals surface area contributed by atoms with Crippen molar-refractivity contribution in [3.8, 4) is 5.75 Å². The maximum absolute atomic E-state index is 9.99. The van der Waals surface area contributed by atoms with Crippen molar-refractivity contribution in [3.63, 3.8) is 0 Å². The molecule has 0 saturated carbocycles. The zero-order chi connectivity index (χ0) is 17.1.